The van der Waals surface area contributed by atoms with Gasteiger partial charge >= 0.3 is 0 Å². The molecule has 1 saturated carbocycles. The highest BCUT2D eigenvalue weighted by Gasteiger charge is 2.21. The normalized spacial score (nSPS) is 15.9. The number of pyridine rings is 1. The number of aromatic nitrogens is 1. The molecule has 0 unspecified atom stereocenters. The van der Waals surface area contributed by atoms with Gasteiger partial charge in [0.15, 0.2) is 0 Å². The zero-order chi connectivity index (χ0) is 15.5. The van der Waals surface area contributed by atoms with Crippen LogP contribution >= 0.6 is 11.6 Å². The fourth-order valence-corrected chi connectivity index (χ4v) is 3.21. The van der Waals surface area contributed by atoms with Gasteiger partial charge in [-0.2, -0.15) is 0 Å². The molecule has 0 aliphatic heterocycles. The summed E-state index contributed by atoms with van der Waals surface area (Å²) in [6, 6.07) is 7.36. The van der Waals surface area contributed by atoms with Crippen molar-refractivity contribution in [1.29, 1.82) is 0 Å². The highest BCUT2D eigenvalue weighted by molar-refractivity contribution is 6.31. The monoisotopic (exact) mass is 317 g/mol. The Bertz CT molecular complexity index is 696. The summed E-state index contributed by atoms with van der Waals surface area (Å²) in [7, 11) is 0. The smallest absolute Gasteiger partial charge is 0.223 e. The molecule has 0 atom stereocenters. The lowest BCUT2D eigenvalue weighted by Gasteiger charge is -2.20. The molecule has 3 rings (SSSR count). The quantitative estimate of drug-likeness (QED) is 0.907. The number of nitrogen functional groups attached to an aromatic ring is 1. The summed E-state index contributed by atoms with van der Waals surface area (Å²) in [5.74, 6) is 0.270. The fourth-order valence-electron chi connectivity index (χ4n) is 3.03. The van der Waals surface area contributed by atoms with E-state index in [1.54, 1.807) is 6.07 Å². The van der Waals surface area contributed by atoms with Crippen LogP contribution < -0.4 is 11.1 Å². The van der Waals surface area contributed by atoms with Gasteiger partial charge in [0, 0.05) is 16.3 Å². The molecule has 0 saturated heterocycles. The first-order valence-electron chi connectivity index (χ1n) is 7.76. The van der Waals surface area contributed by atoms with Crippen molar-refractivity contribution in [2.24, 2.45) is 5.92 Å². The topological polar surface area (TPSA) is 68.0 Å². The van der Waals surface area contributed by atoms with Crippen LogP contribution in [0.2, 0.25) is 5.02 Å². The summed E-state index contributed by atoms with van der Waals surface area (Å²) in [5, 5.41) is 4.55. The first-order chi connectivity index (χ1) is 10.6. The number of fused-ring (bicyclic) bond motifs is 1. The Labute approximate surface area is 135 Å². The van der Waals surface area contributed by atoms with E-state index in [4.69, 9.17) is 17.3 Å². The highest BCUT2D eigenvalue weighted by Crippen LogP contribution is 2.24. The van der Waals surface area contributed by atoms with Gasteiger partial charge in [0.2, 0.25) is 5.91 Å². The number of nitrogens with one attached hydrogen (secondary N) is 1. The van der Waals surface area contributed by atoms with Gasteiger partial charge in [0.05, 0.1) is 23.4 Å². The van der Waals surface area contributed by atoms with E-state index >= 15 is 0 Å². The summed E-state index contributed by atoms with van der Waals surface area (Å²) in [5.41, 5.74) is 8.17. The number of carbonyl (C=O) groups is 1. The molecule has 3 N–H and O–H groups in total. The van der Waals surface area contributed by atoms with Gasteiger partial charge in [-0.15, -0.1) is 0 Å². The molecule has 1 aliphatic rings. The molecule has 1 heterocycles. The number of carbonyl (C=O) groups excluding carboxylic acids is 1. The maximum Gasteiger partial charge on any atom is 0.223 e. The van der Waals surface area contributed by atoms with Crippen molar-refractivity contribution in [1.82, 2.24) is 10.3 Å². The first kappa shape index (κ1) is 15.1. The number of nitrogens with zero attached hydrogens (tertiary/aromatic N) is 1. The minimum atomic E-state index is 0.122. The van der Waals surface area contributed by atoms with Crippen molar-refractivity contribution in [2.75, 3.05) is 5.73 Å². The average Bonchev–Trinajstić information content (AvgIpc) is 2.53. The molecular weight excluding hydrogens is 298 g/mol. The fraction of sp³-hybridized carbons (Fsp3) is 0.412. The number of nitrogens with two attached hydrogens (primary N) is 1. The second kappa shape index (κ2) is 6.53. The minimum Gasteiger partial charge on any atom is -0.397 e. The van der Waals surface area contributed by atoms with Crippen molar-refractivity contribution in [3.05, 3.63) is 35.0 Å². The van der Waals surface area contributed by atoms with E-state index in [1.807, 2.05) is 18.2 Å². The maximum absolute atomic E-state index is 12.2. The van der Waals surface area contributed by atoms with Crippen LogP contribution in [-0.4, -0.2) is 10.9 Å². The SMILES string of the molecule is Nc1cc2cc(Cl)ccc2nc1CNC(=O)C1CCCCC1. The van der Waals surface area contributed by atoms with E-state index in [2.05, 4.69) is 10.3 Å². The van der Waals surface area contributed by atoms with E-state index in [9.17, 15) is 4.79 Å². The summed E-state index contributed by atoms with van der Waals surface area (Å²) >= 11 is 5.97. The molecule has 1 aliphatic carbocycles. The highest BCUT2D eigenvalue weighted by atomic mass is 35.5. The largest absolute Gasteiger partial charge is 0.397 e. The molecule has 1 fully saturated rings. The summed E-state index contributed by atoms with van der Waals surface area (Å²) in [6.45, 7) is 0.375. The molecule has 5 heteroatoms. The molecule has 22 heavy (non-hydrogen) atoms. The van der Waals surface area contributed by atoms with Gasteiger partial charge in [-0.1, -0.05) is 30.9 Å². The summed E-state index contributed by atoms with van der Waals surface area (Å²) in [4.78, 5) is 16.7. The molecule has 116 valence electrons. The van der Waals surface area contributed by atoms with Crippen LogP contribution in [0, 0.1) is 5.92 Å². The third kappa shape index (κ3) is 3.33. The van der Waals surface area contributed by atoms with Crippen LogP contribution in [-0.2, 0) is 11.3 Å². The van der Waals surface area contributed by atoms with Crippen LogP contribution in [0.5, 0.6) is 0 Å². The summed E-state index contributed by atoms with van der Waals surface area (Å²) < 4.78 is 0. The molecule has 4 nitrogen and oxygen atoms in total. The van der Waals surface area contributed by atoms with Crippen LogP contribution in [0.3, 0.4) is 0 Å². The number of halogens is 1. The van der Waals surface area contributed by atoms with Gasteiger partial charge in [-0.25, -0.2) is 4.98 Å². The first-order valence-corrected chi connectivity index (χ1v) is 8.13. The Morgan fingerprint density at radius 1 is 1.27 bits per heavy atom. The van der Waals surface area contributed by atoms with E-state index in [0.717, 1.165) is 36.6 Å². The number of hydrogen-bond donors (Lipinski definition) is 2. The number of anilines is 1. The van der Waals surface area contributed by atoms with Gasteiger partial charge in [0.25, 0.3) is 0 Å². The van der Waals surface area contributed by atoms with Crippen LogP contribution in [0.15, 0.2) is 24.3 Å². The van der Waals surface area contributed by atoms with Gasteiger partial charge in [0.1, 0.15) is 0 Å². The van der Waals surface area contributed by atoms with Crippen molar-refractivity contribution in [3.8, 4) is 0 Å². The standard InChI is InChI=1S/C17H20ClN3O/c18-13-6-7-15-12(8-13)9-14(19)16(21-15)10-20-17(22)11-4-2-1-3-5-11/h6-9,11H,1-5,10,19H2,(H,20,22). The van der Waals surface area contributed by atoms with Gasteiger partial charge in [-0.3, -0.25) is 4.79 Å². The van der Waals surface area contributed by atoms with Crippen molar-refractivity contribution < 1.29 is 4.79 Å². The average molecular weight is 318 g/mol. The molecule has 2 aromatic rings. The van der Waals surface area contributed by atoms with Gasteiger partial charge < -0.3 is 11.1 Å². The molecule has 0 bridgehead atoms. The maximum atomic E-state index is 12.2. The molecule has 0 spiro atoms. The van der Waals surface area contributed by atoms with Crippen molar-refractivity contribution >= 4 is 34.1 Å². The Morgan fingerprint density at radius 3 is 2.82 bits per heavy atom. The molecule has 1 aromatic heterocycles. The lowest BCUT2D eigenvalue weighted by molar-refractivity contribution is -0.126. The third-order valence-corrected chi connectivity index (χ3v) is 4.53. The Hall–Kier alpha value is -1.81. The second-order valence-corrected chi connectivity index (χ2v) is 6.35. The third-order valence-electron chi connectivity index (χ3n) is 4.30. The van der Waals surface area contributed by atoms with E-state index < -0.39 is 0 Å². The number of amides is 1. The van der Waals surface area contributed by atoms with Crippen molar-refractivity contribution in [3.63, 3.8) is 0 Å². The molecule has 1 amide bonds. The zero-order valence-electron chi connectivity index (χ0n) is 12.4. The van der Waals surface area contributed by atoms with Crippen LogP contribution in [0.25, 0.3) is 10.9 Å². The van der Waals surface area contributed by atoms with Crippen molar-refractivity contribution in [2.45, 2.75) is 38.6 Å². The minimum absolute atomic E-state index is 0.122. The van der Waals surface area contributed by atoms with Crippen LogP contribution in [0.4, 0.5) is 5.69 Å². The predicted octanol–water partition coefficient (Wildman–Crippen LogP) is 3.67. The Balaban J connectivity index is 1.71. The number of hydrogen-bond acceptors (Lipinski definition) is 3. The lowest BCUT2D eigenvalue weighted by atomic mass is 9.89. The number of rotatable bonds is 3. The summed E-state index contributed by atoms with van der Waals surface area (Å²) in [6.07, 6.45) is 5.52. The zero-order valence-corrected chi connectivity index (χ0v) is 13.2. The molecular formula is C17H20ClN3O. The van der Waals surface area contributed by atoms with E-state index in [1.165, 1.54) is 6.42 Å². The lowest BCUT2D eigenvalue weighted by Crippen LogP contribution is -2.32. The Kier molecular flexibility index (Phi) is 4.48. The second-order valence-electron chi connectivity index (χ2n) is 5.91. The van der Waals surface area contributed by atoms with Crippen LogP contribution in [0.1, 0.15) is 37.8 Å². The molecule has 0 radical (unpaired) electrons. The number of benzene rings is 1. The predicted molar refractivity (Wildman–Crippen MR) is 89.6 cm³/mol. The van der Waals surface area contributed by atoms with E-state index in [0.29, 0.717) is 22.9 Å². The molecule has 1 aromatic carbocycles. The van der Waals surface area contributed by atoms with Gasteiger partial charge in [-0.05, 0) is 37.1 Å². The Morgan fingerprint density at radius 2 is 2.05 bits per heavy atom. The van der Waals surface area contributed by atoms with E-state index in [-0.39, 0.29) is 11.8 Å².